The molecule has 0 radical (unpaired) electrons. The first-order valence-corrected chi connectivity index (χ1v) is 8.99. The third kappa shape index (κ3) is 6.52. The number of rotatable bonds is 9. The van der Waals surface area contributed by atoms with E-state index in [1.807, 2.05) is 0 Å². The molecule has 12 heteroatoms. The standard InChI is InChI=1S/C18H21F3N4O5/c1-4-28-16(27)11(3)29-22-9-10(2)23-15(26)13-7-5-12(6-8-13)14-24-17(30-25-14)18(19,20)21/h5-8,10-11,22H,4,9H2,1-3H3,(H,23,26). The van der Waals surface area contributed by atoms with Gasteiger partial charge in [-0.2, -0.15) is 23.6 Å². The molecule has 0 bridgehead atoms. The Kier molecular flexibility index (Phi) is 7.89. The molecule has 30 heavy (non-hydrogen) atoms. The van der Waals surface area contributed by atoms with E-state index in [-0.39, 0.29) is 36.1 Å². The highest BCUT2D eigenvalue weighted by Gasteiger charge is 2.38. The molecule has 0 aliphatic heterocycles. The van der Waals surface area contributed by atoms with Gasteiger partial charge in [0.25, 0.3) is 5.91 Å². The van der Waals surface area contributed by atoms with Crippen LogP contribution in [0.5, 0.6) is 0 Å². The summed E-state index contributed by atoms with van der Waals surface area (Å²) in [5.41, 5.74) is 3.14. The molecule has 2 atom stereocenters. The second kappa shape index (κ2) is 10.2. The SMILES string of the molecule is CCOC(=O)C(C)ONCC(C)NC(=O)c1ccc(-c2noc(C(F)(F)F)n2)cc1. The van der Waals surface area contributed by atoms with Crippen molar-refractivity contribution in [2.45, 2.75) is 39.1 Å². The van der Waals surface area contributed by atoms with E-state index in [2.05, 4.69) is 25.5 Å². The number of hydrogen-bond acceptors (Lipinski definition) is 8. The van der Waals surface area contributed by atoms with Gasteiger partial charge in [-0.1, -0.05) is 17.3 Å². The third-order valence-electron chi connectivity index (χ3n) is 3.72. The summed E-state index contributed by atoms with van der Waals surface area (Å²) in [6.45, 7) is 5.39. The van der Waals surface area contributed by atoms with Crippen LogP contribution in [0.2, 0.25) is 0 Å². The van der Waals surface area contributed by atoms with Crippen LogP contribution in [0.3, 0.4) is 0 Å². The normalized spacial score (nSPS) is 13.5. The minimum absolute atomic E-state index is 0.219. The van der Waals surface area contributed by atoms with E-state index in [1.165, 1.54) is 31.2 Å². The average Bonchev–Trinajstić information content (AvgIpc) is 3.19. The molecule has 2 aromatic rings. The molecule has 0 aliphatic carbocycles. The van der Waals surface area contributed by atoms with Crippen LogP contribution in [-0.2, 0) is 20.5 Å². The lowest BCUT2D eigenvalue weighted by molar-refractivity contribution is -0.160. The first-order chi connectivity index (χ1) is 14.1. The van der Waals surface area contributed by atoms with Crippen LogP contribution in [0, 0.1) is 0 Å². The number of benzene rings is 1. The number of nitrogens with one attached hydrogen (secondary N) is 2. The van der Waals surface area contributed by atoms with Crippen LogP contribution in [0.15, 0.2) is 28.8 Å². The maximum Gasteiger partial charge on any atom is 0.471 e. The molecule has 0 saturated heterocycles. The van der Waals surface area contributed by atoms with Crippen LogP contribution in [-0.4, -0.2) is 47.3 Å². The number of hydroxylamine groups is 1. The predicted molar refractivity (Wildman–Crippen MR) is 96.8 cm³/mol. The summed E-state index contributed by atoms with van der Waals surface area (Å²) in [5, 5.41) is 6.00. The van der Waals surface area contributed by atoms with Crippen molar-refractivity contribution in [3.05, 3.63) is 35.7 Å². The summed E-state index contributed by atoms with van der Waals surface area (Å²) >= 11 is 0. The minimum Gasteiger partial charge on any atom is -0.464 e. The second-order valence-electron chi connectivity index (χ2n) is 6.23. The zero-order valence-corrected chi connectivity index (χ0v) is 16.4. The molecule has 1 heterocycles. The van der Waals surface area contributed by atoms with E-state index in [4.69, 9.17) is 9.57 Å². The Balaban J connectivity index is 1.85. The maximum atomic E-state index is 12.5. The van der Waals surface area contributed by atoms with Crippen LogP contribution in [0.1, 0.15) is 37.0 Å². The Morgan fingerprint density at radius 1 is 1.20 bits per heavy atom. The van der Waals surface area contributed by atoms with E-state index >= 15 is 0 Å². The molecule has 0 fully saturated rings. The second-order valence-corrected chi connectivity index (χ2v) is 6.23. The Labute approximate surface area is 169 Å². The van der Waals surface area contributed by atoms with Crippen molar-refractivity contribution in [1.29, 1.82) is 0 Å². The highest BCUT2D eigenvalue weighted by Crippen LogP contribution is 2.29. The van der Waals surface area contributed by atoms with Crippen LogP contribution < -0.4 is 10.8 Å². The van der Waals surface area contributed by atoms with Crippen molar-refractivity contribution in [2.75, 3.05) is 13.2 Å². The number of alkyl halides is 3. The molecule has 2 rings (SSSR count). The summed E-state index contributed by atoms with van der Waals surface area (Å²) in [7, 11) is 0. The first-order valence-electron chi connectivity index (χ1n) is 8.99. The Morgan fingerprint density at radius 2 is 1.87 bits per heavy atom. The summed E-state index contributed by atoms with van der Waals surface area (Å²) in [4.78, 5) is 32.1. The molecular formula is C18H21F3N4O5. The van der Waals surface area contributed by atoms with Gasteiger partial charge in [0.2, 0.25) is 5.82 Å². The van der Waals surface area contributed by atoms with Crippen molar-refractivity contribution in [2.24, 2.45) is 0 Å². The lowest BCUT2D eigenvalue weighted by Crippen LogP contribution is -2.41. The molecular weight excluding hydrogens is 409 g/mol. The fourth-order valence-corrected chi connectivity index (χ4v) is 2.19. The first kappa shape index (κ1) is 23.3. The van der Waals surface area contributed by atoms with Crippen molar-refractivity contribution in [3.63, 3.8) is 0 Å². The smallest absolute Gasteiger partial charge is 0.464 e. The summed E-state index contributed by atoms with van der Waals surface area (Å²) in [6, 6.07) is 5.32. The number of ether oxygens (including phenoxy) is 1. The molecule has 0 aliphatic rings. The summed E-state index contributed by atoms with van der Waals surface area (Å²) in [5.74, 6) is -2.59. The van der Waals surface area contributed by atoms with Gasteiger partial charge in [-0.15, -0.1) is 0 Å². The van der Waals surface area contributed by atoms with E-state index in [0.717, 1.165) is 0 Å². The maximum absolute atomic E-state index is 12.5. The molecule has 9 nitrogen and oxygen atoms in total. The van der Waals surface area contributed by atoms with Gasteiger partial charge in [0.05, 0.1) is 6.61 Å². The van der Waals surface area contributed by atoms with Gasteiger partial charge < -0.3 is 14.6 Å². The van der Waals surface area contributed by atoms with Crippen molar-refractivity contribution in [1.82, 2.24) is 20.9 Å². The molecule has 0 saturated carbocycles. The summed E-state index contributed by atoms with van der Waals surface area (Å²) in [6.07, 6.45) is -5.53. The van der Waals surface area contributed by atoms with Gasteiger partial charge >= 0.3 is 18.0 Å². The number of halogens is 3. The Morgan fingerprint density at radius 3 is 2.43 bits per heavy atom. The number of hydrogen-bond donors (Lipinski definition) is 2. The topological polar surface area (TPSA) is 116 Å². The molecule has 1 aromatic carbocycles. The fourth-order valence-electron chi connectivity index (χ4n) is 2.19. The molecule has 1 amide bonds. The van der Waals surface area contributed by atoms with E-state index in [1.54, 1.807) is 13.8 Å². The molecule has 2 unspecified atom stereocenters. The molecule has 1 aromatic heterocycles. The monoisotopic (exact) mass is 430 g/mol. The van der Waals surface area contributed by atoms with Gasteiger partial charge in [0.15, 0.2) is 6.10 Å². The molecule has 0 spiro atoms. The highest BCUT2D eigenvalue weighted by atomic mass is 19.4. The van der Waals surface area contributed by atoms with Gasteiger partial charge in [-0.3, -0.25) is 9.63 Å². The zero-order valence-electron chi connectivity index (χ0n) is 16.4. The van der Waals surface area contributed by atoms with Gasteiger partial charge in [-0.25, -0.2) is 4.79 Å². The number of nitrogens with zero attached hydrogens (tertiary/aromatic N) is 2. The van der Waals surface area contributed by atoms with E-state index in [9.17, 15) is 22.8 Å². The predicted octanol–water partition coefficient (Wildman–Crippen LogP) is 2.35. The average molecular weight is 430 g/mol. The minimum atomic E-state index is -4.73. The number of aromatic nitrogens is 2. The van der Waals surface area contributed by atoms with Gasteiger partial charge in [0.1, 0.15) is 0 Å². The lowest BCUT2D eigenvalue weighted by atomic mass is 10.1. The van der Waals surface area contributed by atoms with Crippen LogP contribution >= 0.6 is 0 Å². The van der Waals surface area contributed by atoms with Gasteiger partial charge in [0, 0.05) is 23.7 Å². The number of amides is 1. The highest BCUT2D eigenvalue weighted by molar-refractivity contribution is 5.94. The summed E-state index contributed by atoms with van der Waals surface area (Å²) < 4.78 is 46.6. The fraction of sp³-hybridized carbons (Fsp3) is 0.444. The number of esters is 1. The van der Waals surface area contributed by atoms with E-state index < -0.39 is 30.0 Å². The van der Waals surface area contributed by atoms with Crippen molar-refractivity contribution < 1.29 is 36.9 Å². The van der Waals surface area contributed by atoms with Crippen molar-refractivity contribution >= 4 is 11.9 Å². The Hall–Kier alpha value is -2.99. The van der Waals surface area contributed by atoms with Crippen LogP contribution in [0.4, 0.5) is 13.2 Å². The van der Waals surface area contributed by atoms with Crippen molar-refractivity contribution in [3.8, 4) is 11.4 Å². The van der Waals surface area contributed by atoms with Gasteiger partial charge in [-0.05, 0) is 32.9 Å². The van der Waals surface area contributed by atoms with Crippen LogP contribution in [0.25, 0.3) is 11.4 Å². The third-order valence-corrected chi connectivity index (χ3v) is 3.72. The zero-order chi connectivity index (χ0) is 22.3. The lowest BCUT2D eigenvalue weighted by Gasteiger charge is -2.17. The Bertz CT molecular complexity index is 854. The molecule has 164 valence electrons. The molecule has 2 N–H and O–H groups in total. The quantitative estimate of drug-likeness (QED) is 0.460. The number of carbonyl (C=O) groups is 2. The largest absolute Gasteiger partial charge is 0.471 e. The van der Waals surface area contributed by atoms with E-state index in [0.29, 0.717) is 0 Å². The number of carbonyl (C=O) groups excluding carboxylic acids is 2.